The van der Waals surface area contributed by atoms with Crippen LogP contribution in [0.15, 0.2) is 30.3 Å². The Morgan fingerprint density at radius 1 is 1.07 bits per heavy atom. The average molecular weight is 368 g/mol. The van der Waals surface area contributed by atoms with E-state index >= 15 is 0 Å². The summed E-state index contributed by atoms with van der Waals surface area (Å²) in [6.07, 6.45) is 7.86. The van der Waals surface area contributed by atoms with Crippen molar-refractivity contribution < 1.29 is 4.79 Å². The zero-order valence-corrected chi connectivity index (χ0v) is 16.4. The van der Waals surface area contributed by atoms with E-state index in [1.165, 1.54) is 44.1 Å². The van der Waals surface area contributed by atoms with Gasteiger partial charge in [0.15, 0.2) is 0 Å². The summed E-state index contributed by atoms with van der Waals surface area (Å²) in [7, 11) is 0. The van der Waals surface area contributed by atoms with Crippen molar-refractivity contribution >= 4 is 5.91 Å². The first-order valence-electron chi connectivity index (χ1n) is 10.9. The van der Waals surface area contributed by atoms with Crippen LogP contribution in [0.2, 0.25) is 0 Å². The highest BCUT2D eigenvalue weighted by Gasteiger charge is 2.52. The molecule has 4 saturated carbocycles. The number of hydrogen-bond donors (Lipinski definition) is 2. The van der Waals surface area contributed by atoms with Gasteiger partial charge in [0.25, 0.3) is 0 Å². The molecule has 1 aromatic rings. The number of rotatable bonds is 4. The van der Waals surface area contributed by atoms with Gasteiger partial charge >= 0.3 is 0 Å². The number of benzene rings is 1. The van der Waals surface area contributed by atoms with E-state index < -0.39 is 0 Å². The van der Waals surface area contributed by atoms with Crippen LogP contribution in [0.4, 0.5) is 0 Å². The van der Waals surface area contributed by atoms with Gasteiger partial charge in [0, 0.05) is 30.6 Å². The van der Waals surface area contributed by atoms with E-state index in [9.17, 15) is 4.79 Å². The van der Waals surface area contributed by atoms with Gasteiger partial charge in [-0.3, -0.25) is 9.69 Å². The SMILES string of the molecule is CC(C(=O)NC12CC3CC(CC(C3)C1)C2)N1C[C@@H](N)[C@H](c2ccccc2)C1. The van der Waals surface area contributed by atoms with E-state index in [0.717, 1.165) is 30.8 Å². The first-order chi connectivity index (χ1) is 13.0. The fourth-order valence-electron chi connectivity index (χ4n) is 7.03. The summed E-state index contributed by atoms with van der Waals surface area (Å²) in [5.74, 6) is 3.11. The summed E-state index contributed by atoms with van der Waals surface area (Å²) in [6, 6.07) is 10.5. The van der Waals surface area contributed by atoms with Crippen molar-refractivity contribution in [2.75, 3.05) is 13.1 Å². The lowest BCUT2D eigenvalue weighted by molar-refractivity contribution is -0.131. The fraction of sp³-hybridized carbons (Fsp3) is 0.696. The maximum atomic E-state index is 13.2. The highest BCUT2D eigenvalue weighted by atomic mass is 16.2. The molecule has 1 aliphatic heterocycles. The summed E-state index contributed by atoms with van der Waals surface area (Å²) in [6.45, 7) is 3.74. The minimum absolute atomic E-state index is 0.0980. The summed E-state index contributed by atoms with van der Waals surface area (Å²) in [4.78, 5) is 15.5. The molecule has 27 heavy (non-hydrogen) atoms. The van der Waals surface area contributed by atoms with Crippen molar-refractivity contribution in [2.45, 2.75) is 69.0 Å². The smallest absolute Gasteiger partial charge is 0.237 e. The van der Waals surface area contributed by atoms with Crippen LogP contribution in [-0.2, 0) is 4.79 Å². The molecule has 4 nitrogen and oxygen atoms in total. The summed E-state index contributed by atoms with van der Waals surface area (Å²) in [5, 5.41) is 3.55. The van der Waals surface area contributed by atoms with Crippen LogP contribution in [0.3, 0.4) is 0 Å². The van der Waals surface area contributed by atoms with Gasteiger partial charge in [-0.2, -0.15) is 0 Å². The zero-order valence-electron chi connectivity index (χ0n) is 16.4. The first-order valence-corrected chi connectivity index (χ1v) is 10.9. The number of carbonyl (C=O) groups is 1. The van der Waals surface area contributed by atoms with Gasteiger partial charge in [-0.05, 0) is 68.8 Å². The third-order valence-corrected chi connectivity index (χ3v) is 7.97. The Bertz CT molecular complexity index is 668. The lowest BCUT2D eigenvalue weighted by Gasteiger charge is -2.57. The van der Waals surface area contributed by atoms with Gasteiger partial charge in [0.1, 0.15) is 0 Å². The average Bonchev–Trinajstić information content (AvgIpc) is 3.02. The van der Waals surface area contributed by atoms with Crippen molar-refractivity contribution in [2.24, 2.45) is 23.5 Å². The molecular formula is C23H33N3O. The number of hydrogen-bond acceptors (Lipinski definition) is 3. The monoisotopic (exact) mass is 367 g/mol. The standard InChI is InChI=1S/C23H33N3O/c1-15(26-13-20(21(24)14-26)19-5-3-2-4-6-19)22(27)25-23-10-16-7-17(11-23)9-18(8-16)12-23/h2-6,15-18,20-21H,7-14,24H2,1H3,(H,25,27)/t15?,16?,17?,18?,20-,21+,23?/m0/s1. The molecule has 4 aliphatic carbocycles. The Balaban J connectivity index is 1.25. The maximum Gasteiger partial charge on any atom is 0.237 e. The molecule has 0 spiro atoms. The van der Waals surface area contributed by atoms with E-state index in [1.54, 1.807) is 0 Å². The molecule has 1 heterocycles. The molecule has 4 bridgehead atoms. The lowest BCUT2D eigenvalue weighted by Crippen LogP contribution is -2.62. The Morgan fingerprint density at radius 2 is 1.67 bits per heavy atom. The highest BCUT2D eigenvalue weighted by Crippen LogP contribution is 2.55. The maximum absolute atomic E-state index is 13.2. The third kappa shape index (κ3) is 3.21. The molecule has 5 fully saturated rings. The topological polar surface area (TPSA) is 58.4 Å². The molecule has 146 valence electrons. The number of likely N-dealkylation sites (tertiary alicyclic amines) is 1. The number of carbonyl (C=O) groups excluding carboxylic acids is 1. The van der Waals surface area contributed by atoms with Gasteiger partial charge < -0.3 is 11.1 Å². The Labute approximate surface area is 162 Å². The van der Waals surface area contributed by atoms with Crippen molar-refractivity contribution in [1.29, 1.82) is 0 Å². The zero-order chi connectivity index (χ0) is 18.6. The van der Waals surface area contributed by atoms with E-state index in [2.05, 4.69) is 41.4 Å². The van der Waals surface area contributed by atoms with Crippen molar-refractivity contribution in [3.63, 3.8) is 0 Å². The Morgan fingerprint density at radius 3 is 2.26 bits per heavy atom. The van der Waals surface area contributed by atoms with E-state index in [4.69, 9.17) is 5.73 Å². The second-order valence-corrected chi connectivity index (χ2v) is 10.00. The first kappa shape index (κ1) is 17.7. The van der Waals surface area contributed by atoms with Crippen molar-refractivity contribution in [1.82, 2.24) is 10.2 Å². The van der Waals surface area contributed by atoms with Crippen LogP contribution in [-0.4, -0.2) is 41.5 Å². The Kier molecular flexibility index (Phi) is 4.32. The van der Waals surface area contributed by atoms with Crippen LogP contribution in [0.25, 0.3) is 0 Å². The van der Waals surface area contributed by atoms with Crippen LogP contribution in [0.5, 0.6) is 0 Å². The summed E-state index contributed by atoms with van der Waals surface area (Å²) < 4.78 is 0. The summed E-state index contributed by atoms with van der Waals surface area (Å²) in [5.41, 5.74) is 7.84. The molecular weight excluding hydrogens is 334 g/mol. The number of nitrogens with zero attached hydrogens (tertiary/aromatic N) is 1. The predicted molar refractivity (Wildman–Crippen MR) is 107 cm³/mol. The molecule has 6 rings (SSSR count). The predicted octanol–water partition coefficient (Wildman–Crippen LogP) is 2.89. The second-order valence-electron chi connectivity index (χ2n) is 10.00. The number of nitrogens with one attached hydrogen (secondary N) is 1. The molecule has 0 radical (unpaired) electrons. The van der Waals surface area contributed by atoms with Crippen LogP contribution in [0, 0.1) is 17.8 Å². The summed E-state index contributed by atoms with van der Waals surface area (Å²) >= 11 is 0. The van der Waals surface area contributed by atoms with Crippen LogP contribution >= 0.6 is 0 Å². The molecule has 1 unspecified atom stereocenters. The van der Waals surface area contributed by atoms with Gasteiger partial charge in [0.05, 0.1) is 6.04 Å². The molecule has 1 saturated heterocycles. The quantitative estimate of drug-likeness (QED) is 0.860. The number of nitrogens with two attached hydrogens (primary N) is 1. The fourth-order valence-corrected chi connectivity index (χ4v) is 7.03. The van der Waals surface area contributed by atoms with Crippen molar-refractivity contribution in [3.05, 3.63) is 35.9 Å². The lowest BCUT2D eigenvalue weighted by atomic mass is 9.53. The molecule has 1 aromatic carbocycles. The molecule has 1 amide bonds. The molecule has 3 N–H and O–H groups in total. The van der Waals surface area contributed by atoms with Crippen LogP contribution in [0.1, 0.15) is 56.9 Å². The number of amides is 1. The largest absolute Gasteiger partial charge is 0.349 e. The normalized spacial score (nSPS) is 41.6. The van der Waals surface area contributed by atoms with Gasteiger partial charge in [-0.15, -0.1) is 0 Å². The van der Waals surface area contributed by atoms with Crippen LogP contribution < -0.4 is 11.1 Å². The van der Waals surface area contributed by atoms with E-state index in [1.807, 2.05) is 6.07 Å². The van der Waals surface area contributed by atoms with Gasteiger partial charge in [-0.25, -0.2) is 0 Å². The van der Waals surface area contributed by atoms with Crippen molar-refractivity contribution in [3.8, 4) is 0 Å². The highest BCUT2D eigenvalue weighted by molar-refractivity contribution is 5.82. The van der Waals surface area contributed by atoms with E-state index in [-0.39, 0.29) is 23.5 Å². The molecule has 3 atom stereocenters. The second kappa shape index (κ2) is 6.59. The molecule has 4 heteroatoms. The van der Waals surface area contributed by atoms with E-state index in [0.29, 0.717) is 5.92 Å². The molecule has 0 aromatic heterocycles. The minimum Gasteiger partial charge on any atom is -0.349 e. The van der Waals surface area contributed by atoms with Gasteiger partial charge in [-0.1, -0.05) is 30.3 Å². The third-order valence-electron chi connectivity index (χ3n) is 7.97. The Hall–Kier alpha value is -1.39. The molecule has 5 aliphatic rings. The van der Waals surface area contributed by atoms with Gasteiger partial charge in [0.2, 0.25) is 5.91 Å². The minimum atomic E-state index is -0.0993.